The van der Waals surface area contributed by atoms with E-state index in [4.69, 9.17) is 4.42 Å². The van der Waals surface area contributed by atoms with Crippen LogP contribution in [0.2, 0.25) is 0 Å². The van der Waals surface area contributed by atoms with E-state index in [1.165, 1.54) is 18.4 Å². The summed E-state index contributed by atoms with van der Waals surface area (Å²) in [6.07, 6.45) is 4.35. The highest BCUT2D eigenvalue weighted by Crippen LogP contribution is 2.30. The predicted octanol–water partition coefficient (Wildman–Crippen LogP) is 2.30. The van der Waals surface area contributed by atoms with Gasteiger partial charge in [-0.2, -0.15) is 0 Å². The average Bonchev–Trinajstić information content (AvgIpc) is 2.78. The molecule has 0 aliphatic rings. The van der Waals surface area contributed by atoms with Gasteiger partial charge in [-0.1, -0.05) is 0 Å². The minimum Gasteiger partial charge on any atom is -0.481 e. The van der Waals surface area contributed by atoms with Gasteiger partial charge >= 0.3 is 5.97 Å². The van der Waals surface area contributed by atoms with Gasteiger partial charge in [-0.3, -0.25) is 9.59 Å². The molecular formula is C14H19NO4. The summed E-state index contributed by atoms with van der Waals surface area (Å²) in [6.45, 7) is 6.51. The molecule has 0 aromatic carbocycles. The number of amides is 1. The molecule has 0 aliphatic heterocycles. The summed E-state index contributed by atoms with van der Waals surface area (Å²) >= 11 is 0. The molecule has 5 nitrogen and oxygen atoms in total. The molecule has 0 spiro atoms. The summed E-state index contributed by atoms with van der Waals surface area (Å²) in [7, 11) is 0. The Balaban J connectivity index is 2.73. The maximum absolute atomic E-state index is 11.8. The number of carbonyl (C=O) groups is 2. The maximum atomic E-state index is 11.8. The molecule has 104 valence electrons. The number of rotatable bonds is 5. The molecule has 1 amide bonds. The predicted molar refractivity (Wildman–Crippen MR) is 71.4 cm³/mol. The van der Waals surface area contributed by atoms with Crippen molar-refractivity contribution in [1.82, 2.24) is 5.32 Å². The number of carbonyl (C=O) groups excluding carboxylic acids is 1. The van der Waals surface area contributed by atoms with E-state index in [1.54, 1.807) is 39.8 Å². The zero-order valence-electron chi connectivity index (χ0n) is 11.6. The van der Waals surface area contributed by atoms with Crippen LogP contribution in [-0.2, 0) is 9.59 Å². The standard InChI is InChI=1S/C14H19NO4/c1-13(2,12(17)18)14(3,4)15-11(16)8-7-10-6-5-9-19-10/h5-9H,1-4H3,(H,15,16)(H,17,18). The molecule has 1 rings (SSSR count). The molecule has 1 aromatic rings. The minimum absolute atomic E-state index is 0.365. The Morgan fingerprint density at radius 2 is 1.95 bits per heavy atom. The van der Waals surface area contributed by atoms with Crippen molar-refractivity contribution in [2.75, 3.05) is 0 Å². The molecule has 0 saturated heterocycles. The first kappa shape index (κ1) is 15.0. The van der Waals surface area contributed by atoms with Crippen LogP contribution in [0.15, 0.2) is 28.9 Å². The van der Waals surface area contributed by atoms with Crippen molar-refractivity contribution < 1.29 is 19.1 Å². The van der Waals surface area contributed by atoms with E-state index < -0.39 is 16.9 Å². The lowest BCUT2D eigenvalue weighted by Crippen LogP contribution is -2.56. The minimum atomic E-state index is -1.08. The van der Waals surface area contributed by atoms with Crippen molar-refractivity contribution in [2.45, 2.75) is 33.2 Å². The van der Waals surface area contributed by atoms with Crippen LogP contribution in [0.3, 0.4) is 0 Å². The second-order valence-electron chi connectivity index (χ2n) is 5.39. The van der Waals surface area contributed by atoms with Gasteiger partial charge in [0.15, 0.2) is 0 Å². The van der Waals surface area contributed by atoms with E-state index >= 15 is 0 Å². The first-order valence-electron chi connectivity index (χ1n) is 5.94. The van der Waals surface area contributed by atoms with E-state index in [0.717, 1.165) is 0 Å². The van der Waals surface area contributed by atoms with Crippen molar-refractivity contribution in [2.24, 2.45) is 5.41 Å². The molecule has 0 aliphatic carbocycles. The Morgan fingerprint density at radius 1 is 1.32 bits per heavy atom. The van der Waals surface area contributed by atoms with Crippen LogP contribution in [0.5, 0.6) is 0 Å². The topological polar surface area (TPSA) is 79.5 Å². The van der Waals surface area contributed by atoms with Crippen LogP contribution >= 0.6 is 0 Å². The van der Waals surface area contributed by atoms with Crippen molar-refractivity contribution >= 4 is 18.0 Å². The molecule has 1 heterocycles. The lowest BCUT2D eigenvalue weighted by atomic mass is 9.74. The van der Waals surface area contributed by atoms with E-state index in [2.05, 4.69) is 5.32 Å². The lowest BCUT2D eigenvalue weighted by molar-refractivity contribution is -0.151. The van der Waals surface area contributed by atoms with Gasteiger partial charge in [-0.05, 0) is 45.9 Å². The quantitative estimate of drug-likeness (QED) is 0.800. The summed E-state index contributed by atoms with van der Waals surface area (Å²) < 4.78 is 5.06. The molecule has 0 saturated carbocycles. The number of hydrogen-bond acceptors (Lipinski definition) is 3. The van der Waals surface area contributed by atoms with Gasteiger partial charge in [0.1, 0.15) is 5.76 Å². The Labute approximate surface area is 112 Å². The van der Waals surface area contributed by atoms with E-state index in [0.29, 0.717) is 5.76 Å². The first-order chi connectivity index (χ1) is 8.67. The zero-order chi connectivity index (χ0) is 14.7. The highest BCUT2D eigenvalue weighted by Gasteiger charge is 2.44. The van der Waals surface area contributed by atoms with E-state index in [-0.39, 0.29) is 5.91 Å². The number of furan rings is 1. The summed E-state index contributed by atoms with van der Waals surface area (Å²) in [6, 6.07) is 3.44. The SMILES string of the molecule is CC(C)(NC(=O)C=Cc1ccco1)C(C)(C)C(=O)O. The molecule has 0 unspecified atom stereocenters. The second-order valence-corrected chi connectivity index (χ2v) is 5.39. The largest absolute Gasteiger partial charge is 0.481 e. The summed E-state index contributed by atoms with van der Waals surface area (Å²) in [5, 5.41) is 11.9. The fourth-order valence-electron chi connectivity index (χ4n) is 1.32. The Hall–Kier alpha value is -2.04. The molecule has 0 atom stereocenters. The molecule has 0 bridgehead atoms. The molecular weight excluding hydrogens is 246 g/mol. The second kappa shape index (κ2) is 5.30. The van der Waals surface area contributed by atoms with Gasteiger partial charge in [-0.25, -0.2) is 0 Å². The van der Waals surface area contributed by atoms with Crippen molar-refractivity contribution in [1.29, 1.82) is 0 Å². The molecule has 0 radical (unpaired) electrons. The number of carboxylic acids is 1. The lowest BCUT2D eigenvalue weighted by Gasteiger charge is -2.38. The molecule has 19 heavy (non-hydrogen) atoms. The van der Waals surface area contributed by atoms with Gasteiger partial charge in [0.2, 0.25) is 5.91 Å². The van der Waals surface area contributed by atoms with Gasteiger partial charge in [0.25, 0.3) is 0 Å². The van der Waals surface area contributed by atoms with Crippen molar-refractivity contribution in [3.8, 4) is 0 Å². The smallest absolute Gasteiger partial charge is 0.311 e. The van der Waals surface area contributed by atoms with Gasteiger partial charge in [-0.15, -0.1) is 0 Å². The van der Waals surface area contributed by atoms with Gasteiger partial charge in [0, 0.05) is 6.08 Å². The van der Waals surface area contributed by atoms with Crippen molar-refractivity contribution in [3.05, 3.63) is 30.2 Å². The summed E-state index contributed by atoms with van der Waals surface area (Å²) in [5.74, 6) is -0.769. The van der Waals surface area contributed by atoms with Gasteiger partial charge < -0.3 is 14.8 Å². The Morgan fingerprint density at radius 3 is 2.42 bits per heavy atom. The van der Waals surface area contributed by atoms with E-state index in [9.17, 15) is 14.7 Å². The monoisotopic (exact) mass is 265 g/mol. The van der Waals surface area contributed by atoms with Crippen LogP contribution in [0.4, 0.5) is 0 Å². The van der Waals surface area contributed by atoms with E-state index in [1.807, 2.05) is 0 Å². The number of hydrogen-bond donors (Lipinski definition) is 2. The van der Waals surface area contributed by atoms with Gasteiger partial charge in [0.05, 0.1) is 17.2 Å². The molecule has 5 heteroatoms. The normalized spacial score (nSPS) is 12.6. The average molecular weight is 265 g/mol. The summed E-state index contributed by atoms with van der Waals surface area (Å²) in [5.41, 5.74) is -1.97. The van der Waals surface area contributed by atoms with Crippen LogP contribution in [0.1, 0.15) is 33.5 Å². The number of nitrogens with one attached hydrogen (secondary N) is 1. The molecule has 1 aromatic heterocycles. The zero-order valence-corrected chi connectivity index (χ0v) is 11.6. The first-order valence-corrected chi connectivity index (χ1v) is 5.94. The third-order valence-corrected chi connectivity index (χ3v) is 3.48. The Kier molecular flexibility index (Phi) is 4.19. The summed E-state index contributed by atoms with van der Waals surface area (Å²) in [4.78, 5) is 23.0. The highest BCUT2D eigenvalue weighted by atomic mass is 16.4. The fraction of sp³-hybridized carbons (Fsp3) is 0.429. The van der Waals surface area contributed by atoms with Crippen molar-refractivity contribution in [3.63, 3.8) is 0 Å². The van der Waals surface area contributed by atoms with Crippen LogP contribution < -0.4 is 5.32 Å². The molecule has 2 N–H and O–H groups in total. The van der Waals surface area contributed by atoms with Crippen LogP contribution in [0, 0.1) is 5.41 Å². The number of carboxylic acid groups (broad SMARTS) is 1. The highest BCUT2D eigenvalue weighted by molar-refractivity contribution is 5.92. The third kappa shape index (κ3) is 3.47. The maximum Gasteiger partial charge on any atom is 0.311 e. The van der Waals surface area contributed by atoms with Crippen LogP contribution in [0.25, 0.3) is 6.08 Å². The van der Waals surface area contributed by atoms with Crippen LogP contribution in [-0.4, -0.2) is 22.5 Å². The fourth-order valence-corrected chi connectivity index (χ4v) is 1.32. The third-order valence-electron chi connectivity index (χ3n) is 3.48. The molecule has 0 fully saturated rings. The number of aliphatic carboxylic acids is 1. The Bertz CT molecular complexity index is 484.